The van der Waals surface area contributed by atoms with E-state index in [-0.39, 0.29) is 0 Å². The summed E-state index contributed by atoms with van der Waals surface area (Å²) in [5.74, 6) is 0. The van der Waals surface area contributed by atoms with Gasteiger partial charge in [0.15, 0.2) is 0 Å². The highest BCUT2D eigenvalue weighted by atomic mass is 79.9. The molecule has 0 unspecified atom stereocenters. The van der Waals surface area contributed by atoms with E-state index in [2.05, 4.69) is 37.9 Å². The minimum Gasteiger partial charge on any atom is -0.326 e. The van der Waals surface area contributed by atoms with E-state index in [1.165, 1.54) is 0 Å². The van der Waals surface area contributed by atoms with Gasteiger partial charge < -0.3 is 5.73 Å². The first-order chi connectivity index (χ1) is 5.70. The number of nitriles is 1. The Morgan fingerprint density at radius 2 is 1.92 bits per heavy atom. The Morgan fingerprint density at radius 1 is 1.33 bits per heavy atom. The van der Waals surface area contributed by atoms with Crippen molar-refractivity contribution in [3.05, 3.63) is 32.2 Å². The van der Waals surface area contributed by atoms with Crippen molar-refractivity contribution in [1.29, 1.82) is 5.26 Å². The summed E-state index contributed by atoms with van der Waals surface area (Å²) in [7, 11) is 0. The van der Waals surface area contributed by atoms with E-state index in [0.717, 1.165) is 14.5 Å². The van der Waals surface area contributed by atoms with E-state index >= 15 is 0 Å². The molecule has 0 aliphatic rings. The van der Waals surface area contributed by atoms with E-state index in [4.69, 9.17) is 11.0 Å². The summed E-state index contributed by atoms with van der Waals surface area (Å²) in [5, 5.41) is 8.80. The molecule has 0 fully saturated rings. The van der Waals surface area contributed by atoms with Crippen LogP contribution in [0, 0.1) is 11.3 Å². The standard InChI is InChI=1S/C8H6Br2N2/c9-7-1-2-8(10)6(4-12)5(7)3-11/h1-2H,3,11H2. The van der Waals surface area contributed by atoms with Gasteiger partial charge in [-0.2, -0.15) is 5.26 Å². The van der Waals surface area contributed by atoms with Gasteiger partial charge in [-0.05, 0) is 33.6 Å². The Morgan fingerprint density at radius 3 is 2.33 bits per heavy atom. The number of benzene rings is 1. The third kappa shape index (κ3) is 1.69. The fourth-order valence-corrected chi connectivity index (χ4v) is 1.87. The van der Waals surface area contributed by atoms with Crippen molar-refractivity contribution in [1.82, 2.24) is 0 Å². The second kappa shape index (κ2) is 4.04. The minimum atomic E-state index is 0.364. The van der Waals surface area contributed by atoms with Crippen LogP contribution in [0.15, 0.2) is 21.1 Å². The molecule has 0 radical (unpaired) electrons. The Kier molecular flexibility index (Phi) is 3.27. The van der Waals surface area contributed by atoms with Crippen LogP contribution < -0.4 is 5.73 Å². The van der Waals surface area contributed by atoms with Crippen molar-refractivity contribution >= 4 is 31.9 Å². The highest BCUT2D eigenvalue weighted by Gasteiger charge is 2.07. The normalized spacial score (nSPS) is 9.50. The molecule has 1 rings (SSSR count). The third-order valence-corrected chi connectivity index (χ3v) is 2.92. The number of rotatable bonds is 1. The SMILES string of the molecule is N#Cc1c(Br)ccc(Br)c1CN. The number of hydrogen-bond acceptors (Lipinski definition) is 2. The molecule has 62 valence electrons. The number of halogens is 2. The Bertz CT molecular complexity index is 342. The van der Waals surface area contributed by atoms with Gasteiger partial charge in [0, 0.05) is 15.5 Å². The molecule has 0 saturated heterocycles. The predicted molar refractivity (Wildman–Crippen MR) is 54.4 cm³/mol. The Balaban J connectivity index is 3.41. The van der Waals surface area contributed by atoms with Crippen LogP contribution in [-0.4, -0.2) is 0 Å². The van der Waals surface area contributed by atoms with Crippen LogP contribution in [0.2, 0.25) is 0 Å². The summed E-state index contributed by atoms with van der Waals surface area (Å²) in [4.78, 5) is 0. The van der Waals surface area contributed by atoms with Crippen LogP contribution >= 0.6 is 31.9 Å². The first-order valence-electron chi connectivity index (χ1n) is 3.27. The van der Waals surface area contributed by atoms with Gasteiger partial charge in [0.05, 0.1) is 5.56 Å². The van der Waals surface area contributed by atoms with Gasteiger partial charge in [-0.25, -0.2) is 0 Å². The Hall–Kier alpha value is -0.370. The molecule has 4 heteroatoms. The molecule has 0 aromatic heterocycles. The molecule has 12 heavy (non-hydrogen) atoms. The van der Waals surface area contributed by atoms with Gasteiger partial charge in [0.2, 0.25) is 0 Å². The molecule has 2 nitrogen and oxygen atoms in total. The van der Waals surface area contributed by atoms with Gasteiger partial charge >= 0.3 is 0 Å². The molecule has 0 saturated carbocycles. The first kappa shape index (κ1) is 9.72. The summed E-state index contributed by atoms with van der Waals surface area (Å²) in [6.07, 6.45) is 0. The minimum absolute atomic E-state index is 0.364. The number of nitrogens with zero attached hydrogens (tertiary/aromatic N) is 1. The molecule has 1 aromatic carbocycles. The lowest BCUT2D eigenvalue weighted by Gasteiger charge is -2.04. The van der Waals surface area contributed by atoms with Crippen molar-refractivity contribution in [2.75, 3.05) is 0 Å². The zero-order chi connectivity index (χ0) is 9.14. The van der Waals surface area contributed by atoms with Crippen LogP contribution in [0.3, 0.4) is 0 Å². The maximum absolute atomic E-state index is 8.80. The summed E-state index contributed by atoms with van der Waals surface area (Å²) in [6.45, 7) is 0.364. The predicted octanol–water partition coefficient (Wildman–Crippen LogP) is 2.54. The quantitative estimate of drug-likeness (QED) is 0.864. The molecule has 0 aliphatic heterocycles. The lowest BCUT2D eigenvalue weighted by atomic mass is 10.1. The van der Waals surface area contributed by atoms with Gasteiger partial charge in [-0.3, -0.25) is 0 Å². The first-order valence-corrected chi connectivity index (χ1v) is 4.86. The molecule has 2 N–H and O–H groups in total. The third-order valence-electron chi connectivity index (χ3n) is 1.52. The van der Waals surface area contributed by atoms with E-state index in [1.54, 1.807) is 0 Å². The zero-order valence-corrected chi connectivity index (χ0v) is 9.31. The molecular weight excluding hydrogens is 284 g/mol. The summed E-state index contributed by atoms with van der Waals surface area (Å²) >= 11 is 6.61. The summed E-state index contributed by atoms with van der Waals surface area (Å²) in [5.41, 5.74) is 6.94. The molecule has 0 heterocycles. The van der Waals surface area contributed by atoms with Crippen molar-refractivity contribution < 1.29 is 0 Å². The largest absolute Gasteiger partial charge is 0.326 e. The van der Waals surface area contributed by atoms with Crippen LogP contribution in [0.1, 0.15) is 11.1 Å². The maximum Gasteiger partial charge on any atom is 0.101 e. The topological polar surface area (TPSA) is 49.8 Å². The van der Waals surface area contributed by atoms with E-state index in [9.17, 15) is 0 Å². The van der Waals surface area contributed by atoms with E-state index < -0.39 is 0 Å². The summed E-state index contributed by atoms with van der Waals surface area (Å²) in [6, 6.07) is 5.79. The molecule has 0 spiro atoms. The smallest absolute Gasteiger partial charge is 0.101 e. The van der Waals surface area contributed by atoms with E-state index in [1.807, 2.05) is 12.1 Å². The molecular formula is C8H6Br2N2. The average Bonchev–Trinajstić information content (AvgIpc) is 2.08. The number of hydrogen-bond donors (Lipinski definition) is 1. The highest BCUT2D eigenvalue weighted by molar-refractivity contribution is 9.11. The molecule has 0 bridgehead atoms. The van der Waals surface area contributed by atoms with Crippen LogP contribution in [0.25, 0.3) is 0 Å². The lowest BCUT2D eigenvalue weighted by molar-refractivity contribution is 1.05. The van der Waals surface area contributed by atoms with Crippen molar-refractivity contribution in [3.8, 4) is 6.07 Å². The van der Waals surface area contributed by atoms with Crippen LogP contribution in [-0.2, 0) is 6.54 Å². The van der Waals surface area contributed by atoms with E-state index in [0.29, 0.717) is 12.1 Å². The lowest BCUT2D eigenvalue weighted by Crippen LogP contribution is -2.01. The second-order valence-electron chi connectivity index (χ2n) is 2.20. The van der Waals surface area contributed by atoms with Crippen molar-refractivity contribution in [2.24, 2.45) is 5.73 Å². The zero-order valence-electron chi connectivity index (χ0n) is 6.14. The maximum atomic E-state index is 8.80. The highest BCUT2D eigenvalue weighted by Crippen LogP contribution is 2.26. The molecule has 0 amide bonds. The average molecular weight is 290 g/mol. The Labute approximate surface area is 87.6 Å². The van der Waals surface area contributed by atoms with Gasteiger partial charge in [-0.15, -0.1) is 0 Å². The van der Waals surface area contributed by atoms with Crippen molar-refractivity contribution in [3.63, 3.8) is 0 Å². The van der Waals surface area contributed by atoms with Crippen LogP contribution in [0.5, 0.6) is 0 Å². The van der Waals surface area contributed by atoms with Crippen molar-refractivity contribution in [2.45, 2.75) is 6.54 Å². The fraction of sp³-hybridized carbons (Fsp3) is 0.125. The molecule has 0 atom stereocenters. The summed E-state index contributed by atoms with van der Waals surface area (Å²) < 4.78 is 1.67. The number of nitrogens with two attached hydrogens (primary N) is 1. The fourth-order valence-electron chi connectivity index (χ4n) is 0.914. The van der Waals surface area contributed by atoms with Gasteiger partial charge in [0.25, 0.3) is 0 Å². The monoisotopic (exact) mass is 288 g/mol. The van der Waals surface area contributed by atoms with Gasteiger partial charge in [0.1, 0.15) is 6.07 Å². The van der Waals surface area contributed by atoms with Gasteiger partial charge in [-0.1, -0.05) is 15.9 Å². The second-order valence-corrected chi connectivity index (χ2v) is 3.91. The van der Waals surface area contributed by atoms with Crippen LogP contribution in [0.4, 0.5) is 0 Å². The molecule has 0 aliphatic carbocycles. The molecule has 1 aromatic rings.